The molecule has 0 N–H and O–H groups in total. The minimum Gasteiger partial charge on any atom is -0.494 e. The van der Waals surface area contributed by atoms with E-state index in [1.165, 1.54) is 74.1 Å². The van der Waals surface area contributed by atoms with Crippen LogP contribution >= 0.6 is 0 Å². The molecule has 0 aliphatic heterocycles. The summed E-state index contributed by atoms with van der Waals surface area (Å²) in [6.45, 7) is 9.27. The molecule has 1 unspecified atom stereocenters. The minimum atomic E-state index is -0.317. The topological polar surface area (TPSA) is 35.5 Å². The van der Waals surface area contributed by atoms with E-state index in [0.29, 0.717) is 6.61 Å². The summed E-state index contributed by atoms with van der Waals surface area (Å²) < 4.78 is 10.9. The first kappa shape index (κ1) is 28.7. The van der Waals surface area contributed by atoms with Crippen LogP contribution in [-0.2, 0) is 16.0 Å². The standard InChI is InChI=1S/C32H46O3/c1-4-27(3)26-28-16-18-29(19-17-28)30-20-22-31(23-21-30)34-24-14-12-10-8-6-7-9-11-13-15-25-35-32(33)5-2/h5,16-23,27H,2,4,6-15,24-26H2,1,3H3. The van der Waals surface area contributed by atoms with Crippen LogP contribution < -0.4 is 4.74 Å². The lowest BCUT2D eigenvalue weighted by atomic mass is 9.97. The van der Waals surface area contributed by atoms with Gasteiger partial charge in [-0.2, -0.15) is 0 Å². The smallest absolute Gasteiger partial charge is 0.330 e. The van der Waals surface area contributed by atoms with Crippen molar-refractivity contribution in [2.75, 3.05) is 13.2 Å². The third-order valence-electron chi connectivity index (χ3n) is 6.64. The van der Waals surface area contributed by atoms with Gasteiger partial charge in [-0.25, -0.2) is 4.79 Å². The number of rotatable bonds is 19. The Bertz CT molecular complexity index is 823. The molecule has 0 saturated heterocycles. The van der Waals surface area contributed by atoms with E-state index in [-0.39, 0.29) is 5.97 Å². The molecule has 1 atom stereocenters. The Hall–Kier alpha value is -2.55. The summed E-state index contributed by atoms with van der Waals surface area (Å²) in [7, 11) is 0. The molecule has 0 saturated carbocycles. The highest BCUT2D eigenvalue weighted by atomic mass is 16.5. The van der Waals surface area contributed by atoms with Gasteiger partial charge in [0.05, 0.1) is 13.2 Å². The second-order valence-electron chi connectivity index (χ2n) is 9.69. The van der Waals surface area contributed by atoms with E-state index < -0.39 is 0 Å². The van der Waals surface area contributed by atoms with E-state index in [4.69, 9.17) is 9.47 Å². The first-order chi connectivity index (χ1) is 17.1. The Morgan fingerprint density at radius 3 is 1.77 bits per heavy atom. The molecule has 2 rings (SSSR count). The van der Waals surface area contributed by atoms with Gasteiger partial charge in [0.1, 0.15) is 5.75 Å². The van der Waals surface area contributed by atoms with Crippen molar-refractivity contribution in [3.05, 3.63) is 66.7 Å². The van der Waals surface area contributed by atoms with Gasteiger partial charge in [0.15, 0.2) is 0 Å². The molecule has 2 aromatic rings. The van der Waals surface area contributed by atoms with Crippen LogP contribution in [0.25, 0.3) is 11.1 Å². The summed E-state index contributed by atoms with van der Waals surface area (Å²) in [6, 6.07) is 17.5. The highest BCUT2D eigenvalue weighted by Crippen LogP contribution is 2.24. The first-order valence-corrected chi connectivity index (χ1v) is 13.7. The maximum atomic E-state index is 10.9. The molecule has 35 heavy (non-hydrogen) atoms. The maximum Gasteiger partial charge on any atom is 0.330 e. The minimum absolute atomic E-state index is 0.317. The molecular weight excluding hydrogens is 432 g/mol. The van der Waals surface area contributed by atoms with Gasteiger partial charge in [-0.1, -0.05) is 115 Å². The van der Waals surface area contributed by atoms with Gasteiger partial charge < -0.3 is 9.47 Å². The highest BCUT2D eigenvalue weighted by Gasteiger charge is 2.03. The highest BCUT2D eigenvalue weighted by molar-refractivity contribution is 5.81. The lowest BCUT2D eigenvalue weighted by Crippen LogP contribution is -2.01. The van der Waals surface area contributed by atoms with Crippen LogP contribution in [0.5, 0.6) is 5.75 Å². The number of benzene rings is 2. The average Bonchev–Trinajstić information content (AvgIpc) is 2.89. The summed E-state index contributed by atoms with van der Waals surface area (Å²) in [5.74, 6) is 1.38. The van der Waals surface area contributed by atoms with Crippen LogP contribution in [0.15, 0.2) is 61.2 Å². The van der Waals surface area contributed by atoms with Crippen LogP contribution in [-0.4, -0.2) is 19.2 Å². The molecule has 192 valence electrons. The molecule has 3 heteroatoms. The second kappa shape index (κ2) is 17.8. The largest absolute Gasteiger partial charge is 0.494 e. The van der Waals surface area contributed by atoms with Gasteiger partial charge in [0.25, 0.3) is 0 Å². The molecular formula is C32H46O3. The zero-order chi connectivity index (χ0) is 25.1. The van der Waals surface area contributed by atoms with E-state index in [9.17, 15) is 4.79 Å². The molecule has 0 bridgehead atoms. The molecule has 0 aliphatic rings. The predicted octanol–water partition coefficient (Wildman–Crippen LogP) is 8.95. The number of esters is 1. The van der Waals surface area contributed by atoms with E-state index in [0.717, 1.165) is 44.0 Å². The molecule has 0 aromatic heterocycles. The average molecular weight is 479 g/mol. The fourth-order valence-electron chi connectivity index (χ4n) is 4.16. The number of carbonyl (C=O) groups excluding carboxylic acids is 1. The summed E-state index contributed by atoms with van der Waals surface area (Å²) in [5.41, 5.74) is 3.92. The quantitative estimate of drug-likeness (QED) is 0.115. The molecule has 0 spiro atoms. The summed E-state index contributed by atoms with van der Waals surface area (Å²) >= 11 is 0. The van der Waals surface area contributed by atoms with Crippen LogP contribution in [0.2, 0.25) is 0 Å². The Morgan fingerprint density at radius 1 is 0.771 bits per heavy atom. The Labute approximate surface area is 213 Å². The van der Waals surface area contributed by atoms with Gasteiger partial charge in [-0.15, -0.1) is 0 Å². The van der Waals surface area contributed by atoms with Crippen molar-refractivity contribution in [3.63, 3.8) is 0 Å². The van der Waals surface area contributed by atoms with Crippen LogP contribution in [0.1, 0.15) is 90.0 Å². The third-order valence-corrected chi connectivity index (χ3v) is 6.64. The van der Waals surface area contributed by atoms with Crippen molar-refractivity contribution >= 4 is 5.97 Å². The van der Waals surface area contributed by atoms with E-state index >= 15 is 0 Å². The van der Waals surface area contributed by atoms with Gasteiger partial charge in [0.2, 0.25) is 0 Å². The van der Waals surface area contributed by atoms with Gasteiger partial charge in [0, 0.05) is 6.08 Å². The van der Waals surface area contributed by atoms with E-state index in [1.807, 2.05) is 0 Å². The van der Waals surface area contributed by atoms with E-state index in [2.05, 4.69) is 69.0 Å². The maximum absolute atomic E-state index is 10.9. The number of hydrogen-bond acceptors (Lipinski definition) is 3. The van der Waals surface area contributed by atoms with Crippen molar-refractivity contribution in [3.8, 4) is 16.9 Å². The molecule has 2 aromatic carbocycles. The van der Waals surface area contributed by atoms with Gasteiger partial charge in [-0.3, -0.25) is 0 Å². The van der Waals surface area contributed by atoms with Crippen LogP contribution in [0.4, 0.5) is 0 Å². The summed E-state index contributed by atoms with van der Waals surface area (Å²) in [4.78, 5) is 10.9. The molecule has 0 heterocycles. The number of hydrogen-bond donors (Lipinski definition) is 0. The van der Waals surface area contributed by atoms with Gasteiger partial charge in [-0.05, 0) is 54.0 Å². The monoisotopic (exact) mass is 478 g/mol. The Kier molecular flexibility index (Phi) is 14.6. The van der Waals surface area contributed by atoms with Crippen LogP contribution in [0, 0.1) is 5.92 Å². The number of unbranched alkanes of at least 4 members (excludes halogenated alkanes) is 9. The fourth-order valence-corrected chi connectivity index (χ4v) is 4.16. The van der Waals surface area contributed by atoms with Gasteiger partial charge >= 0.3 is 5.97 Å². The van der Waals surface area contributed by atoms with Crippen molar-refractivity contribution in [2.24, 2.45) is 5.92 Å². The third kappa shape index (κ3) is 12.6. The van der Waals surface area contributed by atoms with Crippen molar-refractivity contribution < 1.29 is 14.3 Å². The lowest BCUT2D eigenvalue weighted by molar-refractivity contribution is -0.137. The molecule has 0 aliphatic carbocycles. The SMILES string of the molecule is C=CC(=O)OCCCCCCCCCCCCOc1ccc(-c2ccc(CC(C)CC)cc2)cc1. The Morgan fingerprint density at radius 2 is 1.26 bits per heavy atom. The molecule has 3 nitrogen and oxygen atoms in total. The number of ether oxygens (including phenoxy) is 2. The van der Waals surface area contributed by atoms with Crippen molar-refractivity contribution in [1.82, 2.24) is 0 Å². The number of carbonyl (C=O) groups is 1. The second-order valence-corrected chi connectivity index (χ2v) is 9.69. The Balaban J connectivity index is 1.48. The van der Waals surface area contributed by atoms with Crippen molar-refractivity contribution in [1.29, 1.82) is 0 Å². The predicted molar refractivity (Wildman–Crippen MR) is 148 cm³/mol. The van der Waals surface area contributed by atoms with E-state index in [1.54, 1.807) is 0 Å². The van der Waals surface area contributed by atoms with Crippen LogP contribution in [0.3, 0.4) is 0 Å². The zero-order valence-corrected chi connectivity index (χ0v) is 22.1. The normalized spacial score (nSPS) is 11.7. The lowest BCUT2D eigenvalue weighted by Gasteiger charge is -2.10. The summed E-state index contributed by atoms with van der Waals surface area (Å²) in [6.07, 6.45) is 15.7. The molecule has 0 radical (unpaired) electrons. The fraction of sp³-hybridized carbons (Fsp3) is 0.531. The first-order valence-electron chi connectivity index (χ1n) is 13.7. The zero-order valence-electron chi connectivity index (χ0n) is 22.1. The summed E-state index contributed by atoms with van der Waals surface area (Å²) in [5, 5.41) is 0. The van der Waals surface area contributed by atoms with Crippen molar-refractivity contribution in [2.45, 2.75) is 90.9 Å². The molecule has 0 amide bonds. The molecule has 0 fully saturated rings.